The van der Waals surface area contributed by atoms with Gasteiger partial charge in [-0.3, -0.25) is 18.8 Å². The molecule has 7 nitrogen and oxygen atoms in total. The van der Waals surface area contributed by atoms with Gasteiger partial charge >= 0.3 is 0 Å². The van der Waals surface area contributed by atoms with Gasteiger partial charge in [-0.25, -0.2) is 4.98 Å². The first-order valence-corrected chi connectivity index (χ1v) is 11.3. The van der Waals surface area contributed by atoms with Crippen LogP contribution in [0.1, 0.15) is 22.3 Å². The molecule has 0 bridgehead atoms. The first-order chi connectivity index (χ1) is 15.3. The minimum atomic E-state index is -0.214. The van der Waals surface area contributed by atoms with Crippen LogP contribution in [0.4, 0.5) is 5.69 Å². The summed E-state index contributed by atoms with van der Waals surface area (Å²) in [6, 6.07) is 13.9. The van der Waals surface area contributed by atoms with E-state index in [1.54, 1.807) is 22.5 Å². The molecule has 4 rings (SSSR count). The van der Waals surface area contributed by atoms with Gasteiger partial charge in [0.1, 0.15) is 5.52 Å². The normalized spacial score (nSPS) is 11.1. The van der Waals surface area contributed by atoms with E-state index < -0.39 is 0 Å². The Morgan fingerprint density at radius 3 is 2.50 bits per heavy atom. The molecule has 0 aliphatic rings. The standard InChI is InChI=1S/C24H25N5O2S/c1-15-5-8-18(9-6-15)12-29-23(31)22-20(13-28(4)27-22)26-24(29)32-14-21(30)25-19-10-7-16(2)11-17(19)3/h5-11,13H,12,14H2,1-4H3,(H,25,30). The number of fused-ring (bicyclic) bond motifs is 1. The number of nitrogens with zero attached hydrogens (tertiary/aromatic N) is 4. The van der Waals surface area contributed by atoms with E-state index in [1.165, 1.54) is 11.8 Å². The van der Waals surface area contributed by atoms with Crippen molar-refractivity contribution in [3.05, 3.63) is 81.3 Å². The van der Waals surface area contributed by atoms with Gasteiger partial charge in [0.05, 0.1) is 18.5 Å². The Morgan fingerprint density at radius 1 is 1.06 bits per heavy atom. The number of nitrogens with one attached hydrogen (secondary N) is 1. The molecule has 8 heteroatoms. The second-order valence-electron chi connectivity index (χ2n) is 7.96. The van der Waals surface area contributed by atoms with Crippen molar-refractivity contribution in [3.63, 3.8) is 0 Å². The zero-order chi connectivity index (χ0) is 22.8. The van der Waals surface area contributed by atoms with Gasteiger partial charge in [0.15, 0.2) is 10.7 Å². The largest absolute Gasteiger partial charge is 0.325 e. The predicted molar refractivity (Wildman–Crippen MR) is 128 cm³/mol. The number of thioether (sulfide) groups is 1. The zero-order valence-corrected chi connectivity index (χ0v) is 19.4. The van der Waals surface area contributed by atoms with Gasteiger partial charge in [0.25, 0.3) is 5.56 Å². The van der Waals surface area contributed by atoms with Crippen LogP contribution >= 0.6 is 11.8 Å². The molecule has 0 radical (unpaired) electrons. The molecule has 1 N–H and O–H groups in total. The SMILES string of the molecule is Cc1ccc(Cn2c(SCC(=O)Nc3ccc(C)cc3C)nc3cn(C)nc3c2=O)cc1. The predicted octanol–water partition coefficient (Wildman–Crippen LogP) is 3.83. The molecule has 0 aliphatic carbocycles. The molecular weight excluding hydrogens is 422 g/mol. The van der Waals surface area contributed by atoms with E-state index in [1.807, 2.05) is 63.2 Å². The van der Waals surface area contributed by atoms with Crippen molar-refractivity contribution in [1.82, 2.24) is 19.3 Å². The van der Waals surface area contributed by atoms with E-state index in [-0.39, 0.29) is 17.2 Å². The molecule has 164 valence electrons. The number of aryl methyl sites for hydroxylation is 4. The maximum absolute atomic E-state index is 13.2. The smallest absolute Gasteiger partial charge is 0.282 e. The number of amides is 1. The molecule has 2 aromatic heterocycles. The van der Waals surface area contributed by atoms with E-state index in [0.29, 0.717) is 22.7 Å². The van der Waals surface area contributed by atoms with Gasteiger partial charge in [-0.2, -0.15) is 5.10 Å². The highest BCUT2D eigenvalue weighted by molar-refractivity contribution is 7.99. The third-order valence-electron chi connectivity index (χ3n) is 5.15. The Kier molecular flexibility index (Phi) is 6.14. The number of hydrogen-bond acceptors (Lipinski definition) is 5. The molecule has 0 atom stereocenters. The Bertz CT molecular complexity index is 1360. The highest BCUT2D eigenvalue weighted by atomic mass is 32.2. The van der Waals surface area contributed by atoms with Crippen molar-refractivity contribution in [2.75, 3.05) is 11.1 Å². The summed E-state index contributed by atoms with van der Waals surface area (Å²) < 4.78 is 3.17. The number of rotatable bonds is 6. The molecule has 0 saturated carbocycles. The third-order valence-corrected chi connectivity index (χ3v) is 6.13. The Morgan fingerprint density at radius 2 is 1.78 bits per heavy atom. The average Bonchev–Trinajstić information content (AvgIpc) is 3.13. The molecule has 4 aromatic rings. The van der Waals surface area contributed by atoms with Gasteiger partial charge in [-0.15, -0.1) is 0 Å². The summed E-state index contributed by atoms with van der Waals surface area (Å²) in [5.74, 6) is -0.0104. The number of aromatic nitrogens is 4. The lowest BCUT2D eigenvalue weighted by molar-refractivity contribution is -0.113. The van der Waals surface area contributed by atoms with Crippen LogP contribution in [0.3, 0.4) is 0 Å². The molecule has 2 heterocycles. The van der Waals surface area contributed by atoms with Crippen molar-refractivity contribution in [1.29, 1.82) is 0 Å². The van der Waals surface area contributed by atoms with Crippen molar-refractivity contribution >= 4 is 34.4 Å². The van der Waals surface area contributed by atoms with Crippen LogP contribution in [0, 0.1) is 20.8 Å². The minimum Gasteiger partial charge on any atom is -0.325 e. The summed E-state index contributed by atoms with van der Waals surface area (Å²) in [6.07, 6.45) is 1.72. The second-order valence-corrected chi connectivity index (χ2v) is 8.91. The fourth-order valence-corrected chi connectivity index (χ4v) is 4.28. The van der Waals surface area contributed by atoms with Gasteiger partial charge in [-0.1, -0.05) is 59.3 Å². The quantitative estimate of drug-likeness (QED) is 0.359. The molecule has 2 aromatic carbocycles. The van der Waals surface area contributed by atoms with Crippen molar-refractivity contribution in [2.24, 2.45) is 7.05 Å². The van der Waals surface area contributed by atoms with Crippen LogP contribution in [0.2, 0.25) is 0 Å². The fraction of sp³-hybridized carbons (Fsp3) is 0.250. The van der Waals surface area contributed by atoms with Crippen molar-refractivity contribution in [3.8, 4) is 0 Å². The summed E-state index contributed by atoms with van der Waals surface area (Å²) >= 11 is 1.25. The number of hydrogen-bond donors (Lipinski definition) is 1. The lowest BCUT2D eigenvalue weighted by Gasteiger charge is -2.13. The number of carbonyl (C=O) groups is 1. The number of carbonyl (C=O) groups excluding carboxylic acids is 1. The van der Waals surface area contributed by atoms with E-state index in [9.17, 15) is 9.59 Å². The lowest BCUT2D eigenvalue weighted by atomic mass is 10.1. The minimum absolute atomic E-state index is 0.138. The fourth-order valence-electron chi connectivity index (χ4n) is 3.48. The Hall–Kier alpha value is -3.39. The highest BCUT2D eigenvalue weighted by Crippen LogP contribution is 2.21. The average molecular weight is 448 g/mol. The summed E-state index contributed by atoms with van der Waals surface area (Å²) in [7, 11) is 1.76. The van der Waals surface area contributed by atoms with Gasteiger partial charge in [0.2, 0.25) is 5.91 Å². The molecule has 32 heavy (non-hydrogen) atoms. The zero-order valence-electron chi connectivity index (χ0n) is 18.5. The first kappa shape index (κ1) is 21.8. The van der Waals surface area contributed by atoms with Crippen LogP contribution in [-0.4, -0.2) is 31.0 Å². The summed E-state index contributed by atoms with van der Waals surface area (Å²) in [5, 5.41) is 7.71. The van der Waals surface area contributed by atoms with Gasteiger partial charge < -0.3 is 5.32 Å². The Balaban J connectivity index is 1.60. The van der Waals surface area contributed by atoms with Gasteiger partial charge in [-0.05, 0) is 38.0 Å². The van der Waals surface area contributed by atoms with E-state index in [4.69, 9.17) is 0 Å². The molecule has 0 spiro atoms. The van der Waals surface area contributed by atoms with Crippen molar-refractivity contribution in [2.45, 2.75) is 32.5 Å². The number of anilines is 1. The molecule has 1 amide bonds. The van der Waals surface area contributed by atoms with E-state index in [0.717, 1.165) is 27.9 Å². The molecule has 0 fully saturated rings. The van der Waals surface area contributed by atoms with Crippen LogP contribution in [-0.2, 0) is 18.4 Å². The maximum Gasteiger partial charge on any atom is 0.282 e. The molecule has 0 aliphatic heterocycles. The second kappa shape index (κ2) is 9.00. The van der Waals surface area contributed by atoms with Crippen LogP contribution in [0.5, 0.6) is 0 Å². The molecular formula is C24H25N5O2S. The summed E-state index contributed by atoms with van der Waals surface area (Å²) in [6.45, 7) is 6.36. The topological polar surface area (TPSA) is 81.8 Å². The highest BCUT2D eigenvalue weighted by Gasteiger charge is 2.16. The maximum atomic E-state index is 13.2. The molecule has 0 unspecified atom stereocenters. The summed E-state index contributed by atoms with van der Waals surface area (Å²) in [5.41, 5.74) is 5.70. The summed E-state index contributed by atoms with van der Waals surface area (Å²) in [4.78, 5) is 30.4. The monoisotopic (exact) mass is 447 g/mol. The number of benzene rings is 2. The van der Waals surface area contributed by atoms with Crippen LogP contribution < -0.4 is 10.9 Å². The van der Waals surface area contributed by atoms with Crippen LogP contribution in [0.25, 0.3) is 11.0 Å². The van der Waals surface area contributed by atoms with Crippen molar-refractivity contribution < 1.29 is 4.79 Å². The van der Waals surface area contributed by atoms with E-state index in [2.05, 4.69) is 15.4 Å². The van der Waals surface area contributed by atoms with Gasteiger partial charge in [0, 0.05) is 12.7 Å². The molecule has 0 saturated heterocycles. The van der Waals surface area contributed by atoms with E-state index >= 15 is 0 Å². The third kappa shape index (κ3) is 4.75. The lowest BCUT2D eigenvalue weighted by Crippen LogP contribution is -2.25. The van der Waals surface area contributed by atoms with Crippen LogP contribution in [0.15, 0.2) is 58.6 Å². The Labute approximate surface area is 190 Å². The first-order valence-electron chi connectivity index (χ1n) is 10.3.